The summed E-state index contributed by atoms with van der Waals surface area (Å²) < 4.78 is 0. The van der Waals surface area contributed by atoms with Gasteiger partial charge in [-0.05, 0) is 64.8 Å². The van der Waals surface area contributed by atoms with Gasteiger partial charge in [-0.15, -0.1) is 0 Å². The highest BCUT2D eigenvalue weighted by Crippen LogP contribution is 2.32. The SMILES string of the molecule is CC(C)N1CCC(C(=O)N2CCCC(c3nc4ccccc4cc3C(N)=O)C2)CC1. The maximum atomic E-state index is 13.2. The number of fused-ring (bicyclic) bond motifs is 1. The molecule has 2 amide bonds. The maximum absolute atomic E-state index is 13.2. The molecule has 1 aromatic carbocycles. The van der Waals surface area contributed by atoms with E-state index in [-0.39, 0.29) is 17.7 Å². The zero-order valence-corrected chi connectivity index (χ0v) is 18.0. The molecular formula is C24H32N4O2. The van der Waals surface area contributed by atoms with Crippen molar-refractivity contribution in [1.82, 2.24) is 14.8 Å². The van der Waals surface area contributed by atoms with Crippen LogP contribution in [0.15, 0.2) is 30.3 Å². The van der Waals surface area contributed by atoms with E-state index in [1.165, 1.54) is 0 Å². The Morgan fingerprint density at radius 1 is 1.10 bits per heavy atom. The highest BCUT2D eigenvalue weighted by molar-refractivity contribution is 5.97. The van der Waals surface area contributed by atoms with E-state index in [1.54, 1.807) is 0 Å². The smallest absolute Gasteiger partial charge is 0.250 e. The van der Waals surface area contributed by atoms with Gasteiger partial charge in [-0.1, -0.05) is 18.2 Å². The minimum Gasteiger partial charge on any atom is -0.366 e. The first-order valence-corrected chi connectivity index (χ1v) is 11.2. The summed E-state index contributed by atoms with van der Waals surface area (Å²) in [7, 11) is 0. The van der Waals surface area contributed by atoms with E-state index in [9.17, 15) is 9.59 Å². The molecule has 2 N–H and O–H groups in total. The van der Waals surface area contributed by atoms with Gasteiger partial charge in [0.15, 0.2) is 0 Å². The van der Waals surface area contributed by atoms with Crippen molar-refractivity contribution in [1.29, 1.82) is 0 Å². The number of nitrogens with zero attached hydrogens (tertiary/aromatic N) is 3. The third-order valence-corrected chi connectivity index (χ3v) is 6.75. The lowest BCUT2D eigenvalue weighted by Gasteiger charge is -2.39. The van der Waals surface area contributed by atoms with Crippen LogP contribution in [0, 0.1) is 5.92 Å². The van der Waals surface area contributed by atoms with Crippen LogP contribution in [0.2, 0.25) is 0 Å². The van der Waals surface area contributed by atoms with Crippen molar-refractivity contribution in [3.05, 3.63) is 41.6 Å². The van der Waals surface area contributed by atoms with Crippen LogP contribution in [0.5, 0.6) is 0 Å². The standard InChI is InChI=1S/C24H32N4O2/c1-16(2)27-12-9-17(10-13-27)24(30)28-11-5-7-19(15-28)22-20(23(25)29)14-18-6-3-4-8-21(18)26-22/h3-4,6,8,14,16-17,19H,5,7,9-13,15H2,1-2H3,(H2,25,29). The average molecular weight is 409 g/mol. The first-order valence-electron chi connectivity index (χ1n) is 11.2. The van der Waals surface area contributed by atoms with Gasteiger partial charge in [-0.3, -0.25) is 14.6 Å². The highest BCUT2D eigenvalue weighted by Gasteiger charge is 2.33. The summed E-state index contributed by atoms with van der Waals surface area (Å²) in [5.41, 5.74) is 7.79. The van der Waals surface area contributed by atoms with Gasteiger partial charge in [0.1, 0.15) is 0 Å². The fraction of sp³-hybridized carbons (Fsp3) is 0.542. The molecule has 3 heterocycles. The van der Waals surface area contributed by atoms with Crippen molar-refractivity contribution in [2.75, 3.05) is 26.2 Å². The Labute approximate surface area is 178 Å². The summed E-state index contributed by atoms with van der Waals surface area (Å²) in [4.78, 5) is 34.6. The van der Waals surface area contributed by atoms with Crippen LogP contribution in [0.1, 0.15) is 61.5 Å². The number of rotatable bonds is 4. The number of aromatic nitrogens is 1. The second kappa shape index (κ2) is 8.72. The molecule has 1 atom stereocenters. The van der Waals surface area contributed by atoms with Gasteiger partial charge in [-0.2, -0.15) is 0 Å². The molecule has 6 heteroatoms. The van der Waals surface area contributed by atoms with E-state index in [1.807, 2.05) is 35.2 Å². The first-order chi connectivity index (χ1) is 14.4. The van der Waals surface area contributed by atoms with Crippen LogP contribution in [0.25, 0.3) is 10.9 Å². The van der Waals surface area contributed by atoms with Crippen LogP contribution < -0.4 is 5.73 Å². The molecule has 6 nitrogen and oxygen atoms in total. The van der Waals surface area contributed by atoms with Gasteiger partial charge < -0.3 is 15.5 Å². The summed E-state index contributed by atoms with van der Waals surface area (Å²) in [6.45, 7) is 7.81. The Morgan fingerprint density at radius 3 is 2.53 bits per heavy atom. The van der Waals surface area contributed by atoms with Gasteiger partial charge in [0, 0.05) is 36.4 Å². The number of piperidine rings is 2. The van der Waals surface area contributed by atoms with Crippen molar-refractivity contribution in [3.63, 3.8) is 0 Å². The van der Waals surface area contributed by atoms with Crippen molar-refractivity contribution < 1.29 is 9.59 Å². The molecule has 4 rings (SSSR count). The van der Waals surface area contributed by atoms with E-state index in [0.717, 1.165) is 61.9 Å². The van der Waals surface area contributed by atoms with Crippen molar-refractivity contribution in [3.8, 4) is 0 Å². The van der Waals surface area contributed by atoms with Crippen LogP contribution in [-0.2, 0) is 4.79 Å². The molecule has 2 fully saturated rings. The Hall–Kier alpha value is -2.47. The molecule has 1 aromatic heterocycles. The van der Waals surface area contributed by atoms with E-state index >= 15 is 0 Å². The quantitative estimate of drug-likeness (QED) is 0.843. The Balaban J connectivity index is 1.52. The zero-order chi connectivity index (χ0) is 21.3. The van der Waals surface area contributed by atoms with E-state index in [4.69, 9.17) is 10.7 Å². The van der Waals surface area contributed by atoms with Crippen molar-refractivity contribution in [2.45, 2.75) is 51.5 Å². The monoisotopic (exact) mass is 408 g/mol. The number of carbonyl (C=O) groups excluding carboxylic acids is 2. The number of para-hydroxylation sites is 1. The van der Waals surface area contributed by atoms with Gasteiger partial charge in [0.25, 0.3) is 5.91 Å². The van der Waals surface area contributed by atoms with Gasteiger partial charge in [0.2, 0.25) is 5.91 Å². The Kier molecular flexibility index (Phi) is 6.04. The van der Waals surface area contributed by atoms with Crippen LogP contribution in [0.4, 0.5) is 0 Å². The topological polar surface area (TPSA) is 79.5 Å². The summed E-state index contributed by atoms with van der Waals surface area (Å²) >= 11 is 0. The minimum atomic E-state index is -0.451. The molecule has 2 aliphatic heterocycles. The number of hydrogen-bond acceptors (Lipinski definition) is 4. The molecule has 160 valence electrons. The van der Waals surface area contributed by atoms with Crippen LogP contribution in [0.3, 0.4) is 0 Å². The molecule has 2 aliphatic rings. The first kappa shape index (κ1) is 20.8. The fourth-order valence-corrected chi connectivity index (χ4v) is 4.96. The van der Waals surface area contributed by atoms with E-state index in [2.05, 4.69) is 18.7 Å². The lowest BCUT2D eigenvalue weighted by atomic mass is 9.88. The largest absolute Gasteiger partial charge is 0.366 e. The number of carbonyl (C=O) groups is 2. The van der Waals surface area contributed by atoms with Crippen LogP contribution in [-0.4, -0.2) is 58.8 Å². The fourth-order valence-electron chi connectivity index (χ4n) is 4.96. The minimum absolute atomic E-state index is 0.0468. The summed E-state index contributed by atoms with van der Waals surface area (Å²) in [5.74, 6) is -0.0261. The van der Waals surface area contributed by atoms with Crippen molar-refractivity contribution in [2.24, 2.45) is 11.7 Å². The van der Waals surface area contributed by atoms with Gasteiger partial charge >= 0.3 is 0 Å². The Bertz CT molecular complexity index is 934. The van der Waals surface area contributed by atoms with Gasteiger partial charge in [-0.25, -0.2) is 0 Å². The molecule has 1 unspecified atom stereocenters. The van der Waals surface area contributed by atoms with Crippen molar-refractivity contribution >= 4 is 22.7 Å². The number of primary amides is 1. The summed E-state index contributed by atoms with van der Waals surface area (Å²) in [6.07, 6.45) is 3.70. The average Bonchev–Trinajstić information content (AvgIpc) is 2.77. The van der Waals surface area contributed by atoms with Crippen LogP contribution >= 0.6 is 0 Å². The second-order valence-electron chi connectivity index (χ2n) is 9.01. The third-order valence-electron chi connectivity index (χ3n) is 6.75. The molecule has 0 spiro atoms. The lowest BCUT2D eigenvalue weighted by molar-refractivity contribution is -0.138. The summed E-state index contributed by atoms with van der Waals surface area (Å²) in [5, 5.41) is 0.913. The third kappa shape index (κ3) is 4.19. The number of benzene rings is 1. The molecule has 2 saturated heterocycles. The zero-order valence-electron chi connectivity index (χ0n) is 18.0. The molecule has 0 saturated carbocycles. The van der Waals surface area contributed by atoms with Gasteiger partial charge in [0.05, 0.1) is 16.8 Å². The maximum Gasteiger partial charge on any atom is 0.250 e. The molecule has 0 aliphatic carbocycles. The lowest BCUT2D eigenvalue weighted by Crippen LogP contribution is -2.47. The highest BCUT2D eigenvalue weighted by atomic mass is 16.2. The number of likely N-dealkylation sites (tertiary alicyclic amines) is 2. The van der Waals surface area contributed by atoms with E-state index < -0.39 is 5.91 Å². The molecule has 0 bridgehead atoms. The number of nitrogens with two attached hydrogens (primary N) is 1. The van der Waals surface area contributed by atoms with E-state index in [0.29, 0.717) is 18.2 Å². The predicted molar refractivity (Wildman–Crippen MR) is 118 cm³/mol. The second-order valence-corrected chi connectivity index (χ2v) is 9.01. The molecule has 0 radical (unpaired) electrons. The summed E-state index contributed by atoms with van der Waals surface area (Å²) in [6, 6.07) is 10.2. The number of pyridine rings is 1. The number of hydrogen-bond donors (Lipinski definition) is 1. The normalized spacial score (nSPS) is 21.3. The Morgan fingerprint density at radius 2 is 1.83 bits per heavy atom. The molecule has 30 heavy (non-hydrogen) atoms. The molecule has 2 aromatic rings. The number of amides is 2. The molecular weight excluding hydrogens is 376 g/mol. The predicted octanol–water partition coefficient (Wildman–Crippen LogP) is 3.16.